The summed E-state index contributed by atoms with van der Waals surface area (Å²) in [6.45, 7) is 2.50. The number of para-hydroxylation sites is 2. The zero-order valence-corrected chi connectivity index (χ0v) is 15.9. The fourth-order valence-corrected chi connectivity index (χ4v) is 3.95. The minimum absolute atomic E-state index is 0.00707. The maximum atomic E-state index is 12.3. The van der Waals surface area contributed by atoms with Crippen molar-refractivity contribution in [2.45, 2.75) is 13.0 Å². The van der Waals surface area contributed by atoms with Crippen molar-refractivity contribution < 1.29 is 9.69 Å². The molecule has 0 bridgehead atoms. The summed E-state index contributed by atoms with van der Waals surface area (Å²) in [7, 11) is 2.02. The lowest BCUT2D eigenvalue weighted by atomic mass is 10.3. The highest BCUT2D eigenvalue weighted by atomic mass is 79.9. The smallest absolute Gasteiger partial charge is 0.279 e. The van der Waals surface area contributed by atoms with E-state index in [0.29, 0.717) is 6.54 Å². The lowest BCUT2D eigenvalue weighted by Gasteiger charge is -2.19. The van der Waals surface area contributed by atoms with Gasteiger partial charge in [0.1, 0.15) is 6.04 Å². The van der Waals surface area contributed by atoms with Crippen molar-refractivity contribution in [3.63, 3.8) is 0 Å². The maximum absolute atomic E-state index is 12.3. The Labute approximate surface area is 153 Å². The molecule has 2 N–H and O–H groups in total. The average Bonchev–Trinajstić information content (AvgIpc) is 3.00. The Morgan fingerprint density at radius 1 is 1.25 bits per heavy atom. The molecule has 0 saturated heterocycles. The maximum Gasteiger partial charge on any atom is 0.279 e. The Morgan fingerprint density at radius 2 is 1.96 bits per heavy atom. The fourth-order valence-electron chi connectivity index (χ4n) is 2.45. The van der Waals surface area contributed by atoms with E-state index in [1.165, 1.54) is 4.70 Å². The molecule has 24 heavy (non-hydrogen) atoms. The van der Waals surface area contributed by atoms with Crippen LogP contribution in [0.5, 0.6) is 0 Å². The van der Waals surface area contributed by atoms with Crippen LogP contribution >= 0.6 is 27.3 Å². The fraction of sp³-hybridized carbons (Fsp3) is 0.222. The Hall–Kier alpha value is -1.76. The molecular formula is C18H19BrN3OS+. The topological polar surface area (TPSA) is 46.4 Å². The average molecular weight is 405 g/mol. The van der Waals surface area contributed by atoms with Crippen LogP contribution in [0.1, 0.15) is 18.0 Å². The standard InChI is InChI=1S/C18H18BrN3OS/c1-12(18-21-15-9-5-6-10-16(15)24-18)22(2)11-17(23)20-14-8-4-3-7-13(14)19/h3-10,12H,11H2,1-2H3,(H,20,23)/p+1/t12-/m1/s1. The van der Waals surface area contributed by atoms with Crippen LogP contribution in [0.2, 0.25) is 0 Å². The van der Waals surface area contributed by atoms with Gasteiger partial charge >= 0.3 is 0 Å². The molecule has 1 amide bonds. The van der Waals surface area contributed by atoms with E-state index in [1.54, 1.807) is 11.3 Å². The van der Waals surface area contributed by atoms with Crippen LogP contribution in [-0.2, 0) is 4.79 Å². The van der Waals surface area contributed by atoms with Gasteiger partial charge in [-0.1, -0.05) is 24.3 Å². The second-order valence-electron chi connectivity index (χ2n) is 5.79. The molecule has 1 unspecified atom stereocenters. The van der Waals surface area contributed by atoms with Crippen molar-refractivity contribution in [1.82, 2.24) is 4.98 Å². The minimum Gasteiger partial charge on any atom is -0.322 e. The highest BCUT2D eigenvalue weighted by Crippen LogP contribution is 2.25. The number of anilines is 1. The normalized spacial score (nSPS) is 13.6. The Kier molecular flexibility index (Phi) is 5.28. The van der Waals surface area contributed by atoms with Gasteiger partial charge < -0.3 is 10.2 Å². The first-order valence-electron chi connectivity index (χ1n) is 7.77. The van der Waals surface area contributed by atoms with Crippen LogP contribution in [0.25, 0.3) is 10.2 Å². The summed E-state index contributed by atoms with van der Waals surface area (Å²) in [5, 5.41) is 4.01. The van der Waals surface area contributed by atoms with Gasteiger partial charge in [-0.05, 0) is 47.1 Å². The molecule has 0 radical (unpaired) electrons. The SMILES string of the molecule is C[C@H](c1nc2ccccc2s1)[NH+](C)CC(=O)Nc1ccccc1Br. The number of carbonyl (C=O) groups excluding carboxylic acids is 1. The first-order chi connectivity index (χ1) is 11.5. The first-order valence-corrected chi connectivity index (χ1v) is 9.37. The van der Waals surface area contributed by atoms with Crippen molar-refractivity contribution in [1.29, 1.82) is 0 Å². The van der Waals surface area contributed by atoms with E-state index in [0.717, 1.165) is 25.6 Å². The third kappa shape index (κ3) is 3.83. The molecule has 124 valence electrons. The van der Waals surface area contributed by atoms with Crippen LogP contribution in [0.3, 0.4) is 0 Å². The number of likely N-dealkylation sites (N-methyl/N-ethyl adjacent to an activating group) is 1. The summed E-state index contributed by atoms with van der Waals surface area (Å²) in [4.78, 5) is 18.1. The number of hydrogen-bond donors (Lipinski definition) is 2. The van der Waals surface area contributed by atoms with Gasteiger partial charge in [0.15, 0.2) is 11.6 Å². The third-order valence-corrected chi connectivity index (χ3v) is 5.92. The zero-order valence-electron chi connectivity index (χ0n) is 13.5. The lowest BCUT2D eigenvalue weighted by Crippen LogP contribution is -3.10. The molecule has 6 heteroatoms. The summed E-state index contributed by atoms with van der Waals surface area (Å²) in [6.07, 6.45) is 0. The van der Waals surface area contributed by atoms with Gasteiger partial charge in [-0.25, -0.2) is 4.98 Å². The van der Waals surface area contributed by atoms with Crippen molar-refractivity contribution in [3.05, 3.63) is 58.0 Å². The molecule has 3 aromatic rings. The van der Waals surface area contributed by atoms with Gasteiger partial charge in [0.05, 0.1) is 23.0 Å². The number of halogens is 1. The summed E-state index contributed by atoms with van der Waals surface area (Å²) < 4.78 is 2.07. The third-order valence-electron chi connectivity index (χ3n) is 4.01. The molecule has 1 heterocycles. The van der Waals surface area contributed by atoms with Crippen molar-refractivity contribution >= 4 is 49.1 Å². The summed E-state index contributed by atoms with van der Waals surface area (Å²) in [5.41, 5.74) is 1.82. The van der Waals surface area contributed by atoms with E-state index in [1.807, 2.05) is 49.5 Å². The van der Waals surface area contributed by atoms with E-state index in [2.05, 4.69) is 34.2 Å². The van der Waals surface area contributed by atoms with Gasteiger partial charge in [-0.15, -0.1) is 11.3 Å². The monoisotopic (exact) mass is 404 g/mol. The molecule has 0 aliphatic carbocycles. The molecule has 0 aliphatic heterocycles. The highest BCUT2D eigenvalue weighted by molar-refractivity contribution is 9.10. The molecule has 0 spiro atoms. The molecule has 0 aliphatic rings. The van der Waals surface area contributed by atoms with Crippen LogP contribution in [-0.4, -0.2) is 24.5 Å². The number of amides is 1. The van der Waals surface area contributed by atoms with Gasteiger partial charge in [0, 0.05) is 4.47 Å². The number of hydrogen-bond acceptors (Lipinski definition) is 3. The van der Waals surface area contributed by atoms with E-state index in [9.17, 15) is 4.79 Å². The van der Waals surface area contributed by atoms with Crippen molar-refractivity contribution in [2.24, 2.45) is 0 Å². The summed E-state index contributed by atoms with van der Waals surface area (Å²) in [5.74, 6) is -0.00707. The van der Waals surface area contributed by atoms with E-state index < -0.39 is 0 Å². The molecule has 2 aromatic carbocycles. The summed E-state index contributed by atoms with van der Waals surface area (Å²) in [6, 6.07) is 15.9. The molecule has 1 aromatic heterocycles. The number of fused-ring (bicyclic) bond motifs is 1. The van der Waals surface area contributed by atoms with E-state index in [4.69, 9.17) is 4.98 Å². The van der Waals surface area contributed by atoms with Crippen LogP contribution < -0.4 is 10.2 Å². The quantitative estimate of drug-likeness (QED) is 0.685. The Morgan fingerprint density at radius 3 is 2.71 bits per heavy atom. The molecule has 3 rings (SSSR count). The number of nitrogens with one attached hydrogen (secondary N) is 2. The molecule has 2 atom stereocenters. The number of benzene rings is 2. The number of rotatable bonds is 5. The first kappa shape index (κ1) is 17.1. The van der Waals surface area contributed by atoms with Gasteiger partial charge in [-0.3, -0.25) is 4.79 Å². The number of aromatic nitrogens is 1. The number of thiazole rings is 1. The predicted molar refractivity (Wildman–Crippen MR) is 103 cm³/mol. The second-order valence-corrected chi connectivity index (χ2v) is 7.71. The Bertz CT molecular complexity index is 831. The number of carbonyl (C=O) groups is 1. The van der Waals surface area contributed by atoms with Crippen LogP contribution in [0.15, 0.2) is 53.0 Å². The number of nitrogens with zero attached hydrogens (tertiary/aromatic N) is 1. The summed E-state index contributed by atoms with van der Waals surface area (Å²) >= 11 is 5.14. The minimum atomic E-state index is -0.00707. The largest absolute Gasteiger partial charge is 0.322 e. The zero-order chi connectivity index (χ0) is 17.1. The van der Waals surface area contributed by atoms with Gasteiger partial charge in [0.2, 0.25) is 0 Å². The van der Waals surface area contributed by atoms with E-state index in [-0.39, 0.29) is 11.9 Å². The Balaban J connectivity index is 1.66. The number of quaternary nitrogens is 1. The predicted octanol–water partition coefficient (Wildman–Crippen LogP) is 3.27. The van der Waals surface area contributed by atoms with Crippen LogP contribution in [0.4, 0.5) is 5.69 Å². The van der Waals surface area contributed by atoms with Crippen LogP contribution in [0, 0.1) is 0 Å². The van der Waals surface area contributed by atoms with Crippen molar-refractivity contribution in [3.8, 4) is 0 Å². The lowest BCUT2D eigenvalue weighted by molar-refractivity contribution is -0.902. The molecule has 4 nitrogen and oxygen atoms in total. The second kappa shape index (κ2) is 7.42. The molecule has 0 fully saturated rings. The molecular weight excluding hydrogens is 386 g/mol. The molecule has 0 saturated carbocycles. The van der Waals surface area contributed by atoms with Gasteiger partial charge in [0.25, 0.3) is 5.91 Å². The van der Waals surface area contributed by atoms with E-state index >= 15 is 0 Å². The highest BCUT2D eigenvalue weighted by Gasteiger charge is 2.22. The van der Waals surface area contributed by atoms with Crippen molar-refractivity contribution in [2.75, 3.05) is 18.9 Å². The van der Waals surface area contributed by atoms with Gasteiger partial charge in [-0.2, -0.15) is 0 Å².